The van der Waals surface area contributed by atoms with E-state index in [4.69, 9.17) is 0 Å². The van der Waals surface area contributed by atoms with E-state index in [-0.39, 0.29) is 5.92 Å². The maximum absolute atomic E-state index is 11.6. The molecule has 0 spiro atoms. The van der Waals surface area contributed by atoms with Gasteiger partial charge in [-0.3, -0.25) is 4.40 Å². The molecule has 2 fully saturated rings. The maximum Gasteiger partial charge on any atom is 0.0995 e. The Bertz CT molecular complexity index is 1470. The molecule has 0 aromatic carbocycles. The molecule has 3 unspecified atom stereocenters. The first-order valence-electron chi connectivity index (χ1n) is 15.3. The van der Waals surface area contributed by atoms with Gasteiger partial charge in [0, 0.05) is 0 Å². The van der Waals surface area contributed by atoms with Crippen LogP contribution in [0.1, 0.15) is 119 Å². The van der Waals surface area contributed by atoms with Gasteiger partial charge in [0.1, 0.15) is 0 Å². The lowest BCUT2D eigenvalue weighted by molar-refractivity contribution is 0.0665. The second kappa shape index (κ2) is 11.5. The highest BCUT2D eigenvalue weighted by molar-refractivity contribution is 5.66. The van der Waals surface area contributed by atoms with E-state index in [1.165, 1.54) is 24.8 Å². The summed E-state index contributed by atoms with van der Waals surface area (Å²) in [5.74, 6) is 1.51. The molecule has 4 heterocycles. The fourth-order valence-corrected chi connectivity index (χ4v) is 7.70. The van der Waals surface area contributed by atoms with Crippen LogP contribution in [0.3, 0.4) is 0 Å². The highest BCUT2D eigenvalue weighted by Crippen LogP contribution is 2.43. The van der Waals surface area contributed by atoms with Crippen LogP contribution in [0.5, 0.6) is 0 Å². The van der Waals surface area contributed by atoms with Crippen LogP contribution in [0.2, 0.25) is 0 Å². The third-order valence-corrected chi connectivity index (χ3v) is 9.95. The van der Waals surface area contributed by atoms with Gasteiger partial charge >= 0.3 is 0 Å². The molecule has 6 nitrogen and oxygen atoms in total. The number of nitrogens with zero attached hydrogens (tertiary/aromatic N) is 4. The molecule has 212 valence electrons. The average molecular weight is 541 g/mol. The fraction of sp³-hybridized carbons (Fsp3) is 0.529. The normalized spacial score (nSPS) is 22.9. The Labute approximate surface area is 237 Å². The predicted molar refractivity (Wildman–Crippen MR) is 160 cm³/mol. The number of aliphatic hydroxyl groups is 2. The molecular weight excluding hydrogens is 496 g/mol. The van der Waals surface area contributed by atoms with Gasteiger partial charge in [0.05, 0.1) is 59.7 Å². The highest BCUT2D eigenvalue weighted by atomic mass is 16.3. The van der Waals surface area contributed by atoms with Crippen molar-refractivity contribution in [3.63, 3.8) is 0 Å². The fourth-order valence-electron chi connectivity index (χ4n) is 7.70. The molecule has 6 rings (SSSR count). The molecule has 2 aliphatic carbocycles. The van der Waals surface area contributed by atoms with Crippen LogP contribution in [0.4, 0.5) is 0 Å². The largest absolute Gasteiger partial charge is 0.387 e. The van der Waals surface area contributed by atoms with Gasteiger partial charge in [-0.2, -0.15) is 0 Å². The van der Waals surface area contributed by atoms with Crippen molar-refractivity contribution in [1.82, 2.24) is 18.8 Å². The molecule has 3 atom stereocenters. The van der Waals surface area contributed by atoms with Crippen LogP contribution in [-0.2, 0) is 0 Å². The topological polar surface area (TPSA) is 75.1 Å². The zero-order chi connectivity index (χ0) is 27.8. The van der Waals surface area contributed by atoms with Gasteiger partial charge in [0.15, 0.2) is 0 Å². The summed E-state index contributed by atoms with van der Waals surface area (Å²) in [4.78, 5) is 8.73. The Morgan fingerprint density at radius 3 is 2.05 bits per heavy atom. The molecule has 0 aliphatic heterocycles. The van der Waals surface area contributed by atoms with Crippen molar-refractivity contribution in [2.24, 2.45) is 17.8 Å². The van der Waals surface area contributed by atoms with E-state index in [9.17, 15) is 10.2 Å². The Kier molecular flexibility index (Phi) is 7.82. The van der Waals surface area contributed by atoms with Crippen molar-refractivity contribution in [1.29, 1.82) is 0 Å². The van der Waals surface area contributed by atoms with Gasteiger partial charge in [-0.1, -0.05) is 57.7 Å². The van der Waals surface area contributed by atoms with Crippen LogP contribution in [0, 0.1) is 17.8 Å². The standard InChI is InChI=1S/C34H44N4O2/c1-22(2)29-15-13-27-18-35-20-37(27)31(29)34(40)26-11-9-24(10-12-26)17-23(3)30-16-14-28-19-36-21-38(28)32(30)33(39)25-7-5-4-6-8-25/h13-16,18-21,23-26,33-34,39-40H,1,4-12,17H2,2-3H3. The van der Waals surface area contributed by atoms with E-state index in [0.29, 0.717) is 17.8 Å². The number of imidazole rings is 2. The zero-order valence-corrected chi connectivity index (χ0v) is 24.0. The minimum atomic E-state index is -0.538. The monoisotopic (exact) mass is 540 g/mol. The second-order valence-electron chi connectivity index (χ2n) is 12.7. The predicted octanol–water partition coefficient (Wildman–Crippen LogP) is 7.66. The quantitative estimate of drug-likeness (QED) is 0.241. The molecule has 0 saturated heterocycles. The molecule has 4 aromatic heterocycles. The van der Waals surface area contributed by atoms with Gasteiger partial charge < -0.3 is 14.6 Å². The minimum absolute atomic E-state index is 0.226. The molecule has 0 radical (unpaired) electrons. The summed E-state index contributed by atoms with van der Waals surface area (Å²) in [7, 11) is 0. The summed E-state index contributed by atoms with van der Waals surface area (Å²) >= 11 is 0. The van der Waals surface area contributed by atoms with E-state index < -0.39 is 12.2 Å². The number of allylic oxidation sites excluding steroid dienone is 1. The zero-order valence-electron chi connectivity index (χ0n) is 24.0. The van der Waals surface area contributed by atoms with Crippen molar-refractivity contribution in [2.75, 3.05) is 0 Å². The van der Waals surface area contributed by atoms with Crippen LogP contribution in [0.25, 0.3) is 16.6 Å². The van der Waals surface area contributed by atoms with E-state index in [1.807, 2.05) is 42.4 Å². The third-order valence-electron chi connectivity index (χ3n) is 9.95. The number of hydrogen-bond donors (Lipinski definition) is 2. The molecule has 0 bridgehead atoms. The van der Waals surface area contributed by atoms with Gasteiger partial charge in [-0.15, -0.1) is 0 Å². The van der Waals surface area contributed by atoms with Crippen molar-refractivity contribution >= 4 is 16.6 Å². The lowest BCUT2D eigenvalue weighted by Crippen LogP contribution is -2.24. The molecular formula is C34H44N4O2. The smallest absolute Gasteiger partial charge is 0.0995 e. The number of rotatable bonds is 8. The van der Waals surface area contributed by atoms with Crippen molar-refractivity contribution < 1.29 is 10.2 Å². The minimum Gasteiger partial charge on any atom is -0.387 e. The number of aromatic nitrogens is 4. The van der Waals surface area contributed by atoms with E-state index >= 15 is 0 Å². The van der Waals surface area contributed by atoms with Crippen molar-refractivity contribution in [3.8, 4) is 0 Å². The van der Waals surface area contributed by atoms with E-state index in [1.54, 1.807) is 0 Å². The van der Waals surface area contributed by atoms with Crippen LogP contribution in [-0.4, -0.2) is 29.0 Å². The van der Waals surface area contributed by atoms with Crippen LogP contribution in [0.15, 0.2) is 55.9 Å². The summed E-state index contributed by atoms with van der Waals surface area (Å²) in [5, 5.41) is 23.2. The molecule has 4 aromatic rings. The molecule has 2 N–H and O–H groups in total. The summed E-state index contributed by atoms with van der Waals surface area (Å²) in [5.41, 5.74) is 7.29. The Balaban J connectivity index is 1.17. The number of hydrogen-bond acceptors (Lipinski definition) is 4. The lowest BCUT2D eigenvalue weighted by Gasteiger charge is -2.34. The van der Waals surface area contributed by atoms with Crippen molar-refractivity contribution in [3.05, 3.63) is 78.4 Å². The van der Waals surface area contributed by atoms with Crippen molar-refractivity contribution in [2.45, 2.75) is 96.2 Å². The molecule has 0 amide bonds. The Morgan fingerprint density at radius 1 is 0.825 bits per heavy atom. The van der Waals surface area contributed by atoms with Gasteiger partial charge in [0.25, 0.3) is 0 Å². The summed E-state index contributed by atoms with van der Waals surface area (Å²) in [6, 6.07) is 8.51. The first kappa shape index (κ1) is 27.2. The summed E-state index contributed by atoms with van der Waals surface area (Å²) in [6.45, 7) is 8.51. The molecule has 40 heavy (non-hydrogen) atoms. The van der Waals surface area contributed by atoms with Crippen LogP contribution >= 0.6 is 0 Å². The lowest BCUT2D eigenvalue weighted by atomic mass is 9.74. The average Bonchev–Trinajstić information content (AvgIpc) is 3.66. The summed E-state index contributed by atoms with van der Waals surface area (Å²) < 4.78 is 4.17. The Morgan fingerprint density at radius 2 is 1.40 bits per heavy atom. The first-order chi connectivity index (χ1) is 19.4. The SMILES string of the molecule is C=C(C)c1ccc2cncn2c1C(O)C1CCC(CC(C)c2ccc3cncn3c2C(O)C2CCCCC2)CC1. The third kappa shape index (κ3) is 5.12. The first-order valence-corrected chi connectivity index (χ1v) is 15.3. The molecule has 6 heteroatoms. The highest BCUT2D eigenvalue weighted by Gasteiger charge is 2.33. The van der Waals surface area contributed by atoms with Gasteiger partial charge in [-0.25, -0.2) is 9.97 Å². The van der Waals surface area contributed by atoms with Gasteiger partial charge in [0.2, 0.25) is 0 Å². The molecule has 2 aliphatic rings. The number of aliphatic hydroxyl groups excluding tert-OH is 2. The molecule has 2 saturated carbocycles. The Hall–Kier alpha value is -2.96. The maximum atomic E-state index is 11.6. The number of pyridine rings is 2. The van der Waals surface area contributed by atoms with Crippen LogP contribution < -0.4 is 0 Å². The van der Waals surface area contributed by atoms with E-state index in [0.717, 1.165) is 78.5 Å². The van der Waals surface area contributed by atoms with E-state index in [2.05, 4.69) is 46.1 Å². The van der Waals surface area contributed by atoms with Gasteiger partial charge in [-0.05, 0) is 91.5 Å². The summed E-state index contributed by atoms with van der Waals surface area (Å²) in [6.07, 6.45) is 17.7. The number of fused-ring (bicyclic) bond motifs is 2. The second-order valence-corrected chi connectivity index (χ2v) is 12.7.